The Morgan fingerprint density at radius 3 is 2.26 bits per heavy atom. The van der Waals surface area contributed by atoms with Crippen LogP contribution in [0.25, 0.3) is 0 Å². The molecule has 0 bridgehead atoms. The van der Waals surface area contributed by atoms with Crippen LogP contribution < -0.4 is 5.32 Å². The van der Waals surface area contributed by atoms with E-state index in [4.69, 9.17) is 0 Å². The standard InChI is InChI=1S/C21H36N4OS/c1-8-9-10-25(17-12-20(4,5)24-21(6,7)13-17)18(26)14-27-19-22-15(2)11-16(3)23-19/h11,17,24H,8-10,12-14H2,1-7H3. The molecular formula is C21H36N4OS. The van der Waals surface area contributed by atoms with E-state index in [-0.39, 0.29) is 23.0 Å². The van der Waals surface area contributed by atoms with Crippen LogP contribution in [0.3, 0.4) is 0 Å². The summed E-state index contributed by atoms with van der Waals surface area (Å²) in [6.07, 6.45) is 4.10. The molecule has 0 saturated carbocycles. The fraction of sp³-hybridized carbons (Fsp3) is 0.762. The zero-order chi connectivity index (χ0) is 20.2. The molecule has 1 aromatic heterocycles. The second kappa shape index (κ2) is 8.91. The predicted molar refractivity (Wildman–Crippen MR) is 113 cm³/mol. The van der Waals surface area contributed by atoms with Crippen molar-refractivity contribution in [2.24, 2.45) is 0 Å². The van der Waals surface area contributed by atoms with Gasteiger partial charge in [-0.1, -0.05) is 25.1 Å². The Balaban J connectivity index is 2.11. The second-order valence-electron chi connectivity index (χ2n) is 9.12. The first kappa shape index (κ1) is 22.2. The number of piperidine rings is 1. The second-order valence-corrected chi connectivity index (χ2v) is 10.1. The van der Waals surface area contributed by atoms with Gasteiger partial charge < -0.3 is 10.2 Å². The third-order valence-corrected chi connectivity index (χ3v) is 5.80. The van der Waals surface area contributed by atoms with Gasteiger partial charge in [-0.05, 0) is 66.9 Å². The van der Waals surface area contributed by atoms with Crippen molar-refractivity contribution in [2.75, 3.05) is 12.3 Å². The highest BCUT2D eigenvalue weighted by molar-refractivity contribution is 7.99. The van der Waals surface area contributed by atoms with Crippen molar-refractivity contribution in [3.05, 3.63) is 17.5 Å². The molecule has 2 heterocycles. The molecule has 6 heteroatoms. The van der Waals surface area contributed by atoms with Gasteiger partial charge in [-0.25, -0.2) is 9.97 Å². The average Bonchev–Trinajstić information content (AvgIpc) is 2.49. The summed E-state index contributed by atoms with van der Waals surface area (Å²) >= 11 is 1.45. The number of hydrogen-bond donors (Lipinski definition) is 1. The largest absolute Gasteiger partial charge is 0.339 e. The van der Waals surface area contributed by atoms with Crippen molar-refractivity contribution in [3.8, 4) is 0 Å². The summed E-state index contributed by atoms with van der Waals surface area (Å²) in [5, 5.41) is 4.42. The van der Waals surface area contributed by atoms with Crippen LogP contribution in [0.1, 0.15) is 71.7 Å². The normalized spacial score (nSPS) is 19.1. The maximum Gasteiger partial charge on any atom is 0.233 e. The first-order valence-corrected chi connectivity index (χ1v) is 11.0. The van der Waals surface area contributed by atoms with Crippen LogP contribution in [-0.2, 0) is 4.79 Å². The molecule has 27 heavy (non-hydrogen) atoms. The van der Waals surface area contributed by atoms with Gasteiger partial charge in [0.15, 0.2) is 5.16 Å². The number of aryl methyl sites for hydroxylation is 2. The molecule has 5 nitrogen and oxygen atoms in total. The number of thioether (sulfide) groups is 1. The van der Waals surface area contributed by atoms with Crippen molar-refractivity contribution in [2.45, 2.75) is 96.4 Å². The molecule has 1 aliphatic heterocycles. The van der Waals surface area contributed by atoms with E-state index in [0.717, 1.165) is 43.6 Å². The van der Waals surface area contributed by atoms with Crippen LogP contribution in [0.5, 0.6) is 0 Å². The van der Waals surface area contributed by atoms with Crippen LogP contribution in [0.15, 0.2) is 11.2 Å². The van der Waals surface area contributed by atoms with Crippen LogP contribution in [0.4, 0.5) is 0 Å². The average molecular weight is 393 g/mol. The summed E-state index contributed by atoms with van der Waals surface area (Å²) in [4.78, 5) is 24.2. The van der Waals surface area contributed by atoms with Crippen LogP contribution >= 0.6 is 11.8 Å². The summed E-state index contributed by atoms with van der Waals surface area (Å²) in [6.45, 7) is 15.9. The molecule has 1 saturated heterocycles. The van der Waals surface area contributed by atoms with Crippen molar-refractivity contribution in [1.29, 1.82) is 0 Å². The number of rotatable bonds is 7. The van der Waals surface area contributed by atoms with Crippen LogP contribution in [0, 0.1) is 13.8 Å². The van der Waals surface area contributed by atoms with Gasteiger partial charge in [0.2, 0.25) is 5.91 Å². The molecule has 0 spiro atoms. The molecule has 1 fully saturated rings. The molecule has 1 amide bonds. The van der Waals surface area contributed by atoms with Crippen molar-refractivity contribution < 1.29 is 4.79 Å². The highest BCUT2D eigenvalue weighted by Gasteiger charge is 2.40. The number of hydrogen-bond acceptors (Lipinski definition) is 5. The lowest BCUT2D eigenvalue weighted by Crippen LogP contribution is -2.63. The van der Waals surface area contributed by atoms with Gasteiger partial charge in [-0.3, -0.25) is 4.79 Å². The molecular weight excluding hydrogens is 356 g/mol. The molecule has 152 valence electrons. The van der Waals surface area contributed by atoms with Crippen LogP contribution in [-0.4, -0.2) is 50.2 Å². The number of nitrogens with zero attached hydrogens (tertiary/aromatic N) is 3. The first-order chi connectivity index (χ1) is 12.5. The Bertz CT molecular complexity index is 623. The van der Waals surface area contributed by atoms with E-state index in [0.29, 0.717) is 10.9 Å². The number of aromatic nitrogens is 2. The van der Waals surface area contributed by atoms with Crippen molar-refractivity contribution in [1.82, 2.24) is 20.2 Å². The lowest BCUT2D eigenvalue weighted by molar-refractivity contribution is -0.132. The van der Waals surface area contributed by atoms with E-state index in [9.17, 15) is 4.79 Å². The lowest BCUT2D eigenvalue weighted by Gasteiger charge is -2.49. The molecule has 1 N–H and O–H groups in total. The predicted octanol–water partition coefficient (Wildman–Crippen LogP) is 4.12. The minimum absolute atomic E-state index is 0.0288. The summed E-state index contributed by atoms with van der Waals surface area (Å²) in [5.74, 6) is 0.604. The van der Waals surface area contributed by atoms with Gasteiger partial charge >= 0.3 is 0 Å². The monoisotopic (exact) mass is 392 g/mol. The quantitative estimate of drug-likeness (QED) is 0.559. The van der Waals surface area contributed by atoms with E-state index >= 15 is 0 Å². The zero-order valence-electron chi connectivity index (χ0n) is 18.1. The summed E-state index contributed by atoms with van der Waals surface area (Å²) in [5.41, 5.74) is 1.95. The number of carbonyl (C=O) groups is 1. The Morgan fingerprint density at radius 2 is 1.74 bits per heavy atom. The Morgan fingerprint density at radius 1 is 1.19 bits per heavy atom. The molecule has 0 aliphatic carbocycles. The first-order valence-electron chi connectivity index (χ1n) is 10.1. The SMILES string of the molecule is CCCCN(C(=O)CSc1nc(C)cc(C)n1)C1CC(C)(C)NC(C)(C)C1. The lowest BCUT2D eigenvalue weighted by atomic mass is 9.79. The highest BCUT2D eigenvalue weighted by atomic mass is 32.2. The molecule has 0 atom stereocenters. The van der Waals surface area contributed by atoms with E-state index in [1.165, 1.54) is 11.8 Å². The summed E-state index contributed by atoms with van der Waals surface area (Å²) in [6, 6.07) is 2.23. The Hall–Kier alpha value is -1.14. The summed E-state index contributed by atoms with van der Waals surface area (Å²) < 4.78 is 0. The summed E-state index contributed by atoms with van der Waals surface area (Å²) in [7, 11) is 0. The van der Waals surface area contributed by atoms with E-state index in [2.05, 4.69) is 54.8 Å². The van der Waals surface area contributed by atoms with Gasteiger partial charge in [0.05, 0.1) is 5.75 Å². The minimum atomic E-state index is 0.0288. The van der Waals surface area contributed by atoms with Gasteiger partial charge in [0.25, 0.3) is 0 Å². The third-order valence-electron chi connectivity index (χ3n) is 4.97. The smallest absolute Gasteiger partial charge is 0.233 e. The van der Waals surface area contributed by atoms with Gasteiger partial charge in [-0.2, -0.15) is 0 Å². The molecule has 1 aliphatic rings. The van der Waals surface area contributed by atoms with Crippen molar-refractivity contribution in [3.63, 3.8) is 0 Å². The number of unbranched alkanes of at least 4 members (excludes halogenated alkanes) is 1. The van der Waals surface area contributed by atoms with Gasteiger partial charge in [0, 0.05) is 35.1 Å². The van der Waals surface area contributed by atoms with Gasteiger partial charge in [0.1, 0.15) is 0 Å². The minimum Gasteiger partial charge on any atom is -0.339 e. The number of nitrogens with one attached hydrogen (secondary N) is 1. The maximum absolute atomic E-state index is 13.1. The molecule has 2 rings (SSSR count). The number of amides is 1. The van der Waals surface area contributed by atoms with E-state index < -0.39 is 0 Å². The fourth-order valence-corrected chi connectivity index (χ4v) is 5.13. The Labute approximate surface area is 169 Å². The molecule has 0 aromatic carbocycles. The molecule has 0 radical (unpaired) electrons. The fourth-order valence-electron chi connectivity index (χ4n) is 4.30. The van der Waals surface area contributed by atoms with Crippen LogP contribution in [0.2, 0.25) is 0 Å². The zero-order valence-corrected chi connectivity index (χ0v) is 18.9. The number of carbonyl (C=O) groups excluding carboxylic acids is 1. The van der Waals surface area contributed by atoms with Crippen molar-refractivity contribution >= 4 is 17.7 Å². The highest BCUT2D eigenvalue weighted by Crippen LogP contribution is 2.32. The maximum atomic E-state index is 13.1. The van der Waals surface area contributed by atoms with E-state index in [1.54, 1.807) is 0 Å². The van der Waals surface area contributed by atoms with Gasteiger partial charge in [-0.15, -0.1) is 0 Å². The molecule has 1 aromatic rings. The third kappa shape index (κ3) is 6.75. The van der Waals surface area contributed by atoms with E-state index in [1.807, 2.05) is 19.9 Å². The molecule has 0 unspecified atom stereocenters. The topological polar surface area (TPSA) is 58.1 Å². The Kier molecular flexibility index (Phi) is 7.31.